The van der Waals surface area contributed by atoms with E-state index in [0.717, 1.165) is 26.2 Å². The van der Waals surface area contributed by atoms with Crippen LogP contribution in [0.2, 0.25) is 0 Å². The zero-order chi connectivity index (χ0) is 21.6. The highest BCUT2D eigenvalue weighted by atomic mass is 16.5. The van der Waals surface area contributed by atoms with Crippen molar-refractivity contribution in [3.05, 3.63) is 48.0 Å². The Hall–Kier alpha value is -2.48. The van der Waals surface area contributed by atoms with Crippen molar-refractivity contribution in [3.8, 4) is 0 Å². The molecule has 31 heavy (non-hydrogen) atoms. The predicted molar refractivity (Wildman–Crippen MR) is 119 cm³/mol. The van der Waals surface area contributed by atoms with E-state index in [-0.39, 0.29) is 17.9 Å². The number of nitrogens with two attached hydrogens (primary N) is 1. The number of rotatable bonds is 6. The van der Waals surface area contributed by atoms with Crippen molar-refractivity contribution in [1.29, 1.82) is 0 Å². The summed E-state index contributed by atoms with van der Waals surface area (Å²) in [7, 11) is 0. The molecule has 0 saturated carbocycles. The number of carbonyl (C=O) groups excluding carboxylic acids is 2. The lowest BCUT2D eigenvalue weighted by Gasteiger charge is -2.33. The number of carbonyl (C=O) groups is 2. The highest BCUT2D eigenvalue weighted by molar-refractivity contribution is 5.86. The van der Waals surface area contributed by atoms with Crippen molar-refractivity contribution in [2.45, 2.75) is 13.0 Å². The molecule has 2 fully saturated rings. The molecule has 2 aromatic rings. The molecule has 2 aliphatic rings. The van der Waals surface area contributed by atoms with Crippen LogP contribution in [-0.2, 0) is 14.3 Å². The summed E-state index contributed by atoms with van der Waals surface area (Å²) in [5.74, 6) is 0.390. The molecule has 7 heteroatoms. The Balaban J connectivity index is 1.23. The van der Waals surface area contributed by atoms with Crippen LogP contribution in [0.4, 0.5) is 0 Å². The van der Waals surface area contributed by atoms with E-state index in [1.54, 1.807) is 0 Å². The third-order valence-electron chi connectivity index (χ3n) is 6.55. The summed E-state index contributed by atoms with van der Waals surface area (Å²) in [5.41, 5.74) is 1.27. The average molecular weight is 427 g/mol. The lowest BCUT2D eigenvalue weighted by molar-refractivity contribution is -0.896. The number of benzene rings is 2. The molecule has 1 atom stereocenters. The fraction of sp³-hybridized carbons (Fsp3) is 0.500. The van der Waals surface area contributed by atoms with Crippen molar-refractivity contribution >= 4 is 22.6 Å². The summed E-state index contributed by atoms with van der Waals surface area (Å²) in [5, 5.41) is 4.62. The maximum Gasteiger partial charge on any atom is 0.278 e. The van der Waals surface area contributed by atoms with Gasteiger partial charge in [0.15, 0.2) is 13.1 Å². The number of nitrogens with one attached hydrogen (secondary N) is 1. The number of fused-ring (bicyclic) bond motifs is 1. The van der Waals surface area contributed by atoms with E-state index in [2.05, 4.69) is 54.7 Å². The number of amides is 2. The van der Waals surface area contributed by atoms with E-state index in [1.165, 1.54) is 21.2 Å². The SMILES string of the molecule is C[C@H]([NH2+]CC(=O)N1CC[NH+](CC(=O)N2CCOCC2)CC1)c1cccc2ccccc12. The van der Waals surface area contributed by atoms with Gasteiger partial charge in [-0.1, -0.05) is 42.5 Å². The summed E-state index contributed by atoms with van der Waals surface area (Å²) >= 11 is 0. The van der Waals surface area contributed by atoms with Gasteiger partial charge in [-0.15, -0.1) is 0 Å². The van der Waals surface area contributed by atoms with Crippen molar-refractivity contribution in [2.24, 2.45) is 0 Å². The van der Waals surface area contributed by atoms with Crippen molar-refractivity contribution < 1.29 is 24.5 Å². The highest BCUT2D eigenvalue weighted by Gasteiger charge is 2.28. The fourth-order valence-corrected chi connectivity index (χ4v) is 4.57. The molecule has 2 aromatic carbocycles. The van der Waals surface area contributed by atoms with Gasteiger partial charge in [0.05, 0.1) is 39.4 Å². The summed E-state index contributed by atoms with van der Waals surface area (Å²) in [4.78, 5) is 30.3. The molecule has 2 amide bonds. The van der Waals surface area contributed by atoms with Crippen LogP contribution in [0, 0.1) is 0 Å². The molecule has 4 rings (SSSR count). The van der Waals surface area contributed by atoms with E-state index < -0.39 is 0 Å². The normalized spacial score (nSPS) is 18.9. The van der Waals surface area contributed by atoms with Crippen LogP contribution in [0.25, 0.3) is 10.8 Å². The van der Waals surface area contributed by atoms with Gasteiger partial charge in [-0.25, -0.2) is 0 Å². The van der Waals surface area contributed by atoms with Gasteiger partial charge in [0.25, 0.3) is 11.8 Å². The van der Waals surface area contributed by atoms with Crippen molar-refractivity contribution in [2.75, 3.05) is 65.6 Å². The number of quaternary nitrogens is 2. The van der Waals surface area contributed by atoms with Crippen LogP contribution in [0.15, 0.2) is 42.5 Å². The van der Waals surface area contributed by atoms with Crippen molar-refractivity contribution in [1.82, 2.24) is 9.80 Å². The molecule has 2 saturated heterocycles. The quantitative estimate of drug-likeness (QED) is 0.626. The minimum absolute atomic E-state index is 0.186. The number of nitrogens with zero attached hydrogens (tertiary/aromatic N) is 2. The Morgan fingerprint density at radius 3 is 2.42 bits per heavy atom. The van der Waals surface area contributed by atoms with Gasteiger partial charge in [0.2, 0.25) is 0 Å². The first-order valence-corrected chi connectivity index (χ1v) is 11.4. The fourth-order valence-electron chi connectivity index (χ4n) is 4.57. The summed E-state index contributed by atoms with van der Waals surface area (Å²) < 4.78 is 5.32. The molecule has 2 heterocycles. The number of piperazine rings is 1. The zero-order valence-electron chi connectivity index (χ0n) is 18.4. The molecule has 0 radical (unpaired) electrons. The number of morpholine rings is 1. The van der Waals surface area contributed by atoms with Crippen molar-refractivity contribution in [3.63, 3.8) is 0 Å². The Morgan fingerprint density at radius 1 is 0.968 bits per heavy atom. The molecular weight excluding hydrogens is 392 g/mol. The van der Waals surface area contributed by atoms with Gasteiger partial charge in [-0.05, 0) is 17.7 Å². The minimum Gasteiger partial charge on any atom is -0.378 e. The van der Waals surface area contributed by atoms with Gasteiger partial charge in [0.1, 0.15) is 6.04 Å². The zero-order valence-corrected chi connectivity index (χ0v) is 18.4. The third-order valence-corrected chi connectivity index (χ3v) is 6.55. The summed E-state index contributed by atoms with van der Waals surface area (Å²) in [6.07, 6.45) is 0. The Bertz CT molecular complexity index is 899. The molecule has 3 N–H and O–H groups in total. The van der Waals surface area contributed by atoms with Crippen LogP contribution in [0.3, 0.4) is 0 Å². The summed E-state index contributed by atoms with van der Waals surface area (Å²) in [6, 6.07) is 15.0. The Morgan fingerprint density at radius 2 is 1.65 bits per heavy atom. The highest BCUT2D eigenvalue weighted by Crippen LogP contribution is 2.22. The van der Waals surface area contributed by atoms with Crippen LogP contribution in [-0.4, -0.2) is 87.2 Å². The third kappa shape index (κ3) is 5.42. The lowest BCUT2D eigenvalue weighted by Crippen LogP contribution is -3.16. The predicted octanol–water partition coefficient (Wildman–Crippen LogP) is -0.950. The second-order valence-electron chi connectivity index (χ2n) is 8.60. The second-order valence-corrected chi connectivity index (χ2v) is 8.60. The molecule has 0 aliphatic carbocycles. The van der Waals surface area contributed by atoms with E-state index >= 15 is 0 Å². The number of ether oxygens (including phenoxy) is 1. The summed E-state index contributed by atoms with van der Waals surface area (Å²) in [6.45, 7) is 8.91. The minimum atomic E-state index is 0.186. The molecule has 7 nitrogen and oxygen atoms in total. The first kappa shape index (κ1) is 21.7. The first-order valence-electron chi connectivity index (χ1n) is 11.4. The van der Waals surface area contributed by atoms with Crippen LogP contribution in [0.1, 0.15) is 18.5 Å². The number of hydrogen-bond donors (Lipinski definition) is 2. The van der Waals surface area contributed by atoms with Gasteiger partial charge in [-0.3, -0.25) is 9.59 Å². The average Bonchev–Trinajstić information content (AvgIpc) is 2.83. The molecule has 0 spiro atoms. The van der Waals surface area contributed by atoms with Crippen LogP contribution in [0.5, 0.6) is 0 Å². The van der Waals surface area contributed by atoms with E-state index in [0.29, 0.717) is 39.4 Å². The van der Waals surface area contributed by atoms with E-state index in [4.69, 9.17) is 4.74 Å². The Labute approximate surface area is 183 Å². The maximum atomic E-state index is 12.8. The van der Waals surface area contributed by atoms with Gasteiger partial charge >= 0.3 is 0 Å². The maximum absolute atomic E-state index is 12.8. The standard InChI is InChI=1S/C24H32N4O3/c1-19(21-8-4-6-20-5-2-3-7-22(20)21)25-17-23(29)27-11-9-26(10-12-27)18-24(30)28-13-15-31-16-14-28/h2-8,19,25H,9-18H2,1H3/p+2/t19-/m0/s1. The smallest absolute Gasteiger partial charge is 0.278 e. The molecule has 0 aromatic heterocycles. The van der Waals surface area contributed by atoms with Crippen LogP contribution >= 0.6 is 0 Å². The van der Waals surface area contributed by atoms with Crippen LogP contribution < -0.4 is 10.2 Å². The number of hydrogen-bond acceptors (Lipinski definition) is 3. The second kappa shape index (κ2) is 10.2. The largest absolute Gasteiger partial charge is 0.378 e. The molecule has 0 unspecified atom stereocenters. The topological polar surface area (TPSA) is 70.9 Å². The molecular formula is C24H34N4O3+2. The molecule has 2 aliphatic heterocycles. The monoisotopic (exact) mass is 426 g/mol. The Kier molecular flexibility index (Phi) is 7.17. The van der Waals surface area contributed by atoms with Gasteiger partial charge in [0, 0.05) is 18.7 Å². The van der Waals surface area contributed by atoms with E-state index in [9.17, 15) is 9.59 Å². The van der Waals surface area contributed by atoms with Gasteiger partial charge < -0.3 is 24.8 Å². The van der Waals surface area contributed by atoms with E-state index in [1.807, 2.05) is 9.80 Å². The lowest BCUT2D eigenvalue weighted by atomic mass is 10.00. The first-order chi connectivity index (χ1) is 15.1. The van der Waals surface area contributed by atoms with Gasteiger partial charge in [-0.2, -0.15) is 0 Å². The molecule has 0 bridgehead atoms. The molecule has 166 valence electrons.